The second kappa shape index (κ2) is 7.11. The molecule has 0 saturated carbocycles. The van der Waals surface area contributed by atoms with Crippen LogP contribution in [0.4, 0.5) is 0 Å². The fraction of sp³-hybridized carbons (Fsp3) is 0.636. The molecule has 0 aliphatic heterocycles. The highest BCUT2D eigenvalue weighted by molar-refractivity contribution is 5.06. The van der Waals surface area contributed by atoms with Gasteiger partial charge in [0.1, 0.15) is 0 Å². The van der Waals surface area contributed by atoms with Crippen LogP contribution < -0.4 is 0 Å². The predicted molar refractivity (Wildman–Crippen MR) is 54.1 cm³/mol. The molecule has 12 heavy (non-hydrogen) atoms. The van der Waals surface area contributed by atoms with Crippen molar-refractivity contribution >= 4 is 0 Å². The van der Waals surface area contributed by atoms with Crippen LogP contribution in [-0.2, 0) is 0 Å². The fourth-order valence-corrected chi connectivity index (χ4v) is 1.16. The van der Waals surface area contributed by atoms with Crippen molar-refractivity contribution in [3.63, 3.8) is 0 Å². The van der Waals surface area contributed by atoms with E-state index >= 15 is 0 Å². The minimum atomic E-state index is -0.283. The van der Waals surface area contributed by atoms with Gasteiger partial charge in [0, 0.05) is 0 Å². The highest BCUT2D eigenvalue weighted by Crippen LogP contribution is 2.11. The molecule has 0 radical (unpaired) electrons. The molecule has 1 N–H and O–H groups in total. The fourth-order valence-electron chi connectivity index (χ4n) is 1.16. The lowest BCUT2D eigenvalue weighted by molar-refractivity contribution is 0.226. The molecular formula is C11H20O. The Morgan fingerprint density at radius 3 is 2.58 bits per heavy atom. The van der Waals surface area contributed by atoms with Gasteiger partial charge in [0.2, 0.25) is 0 Å². The summed E-state index contributed by atoms with van der Waals surface area (Å²) in [5, 5.41) is 9.35. The molecule has 0 aromatic carbocycles. The van der Waals surface area contributed by atoms with Gasteiger partial charge < -0.3 is 5.11 Å². The number of rotatable bonds is 6. The summed E-state index contributed by atoms with van der Waals surface area (Å²) in [6, 6.07) is 0. The zero-order valence-corrected chi connectivity index (χ0v) is 8.21. The summed E-state index contributed by atoms with van der Waals surface area (Å²) in [5.41, 5.74) is 1.17. The Kier molecular flexibility index (Phi) is 6.78. The molecule has 0 aliphatic carbocycles. The number of allylic oxidation sites excluding steroid dienone is 2. The normalized spacial score (nSPS) is 14.4. The highest BCUT2D eigenvalue weighted by Gasteiger charge is 2.01. The van der Waals surface area contributed by atoms with Crippen LogP contribution in [0.3, 0.4) is 0 Å². The Balaban J connectivity index is 3.89. The van der Waals surface area contributed by atoms with Crippen molar-refractivity contribution < 1.29 is 5.11 Å². The zero-order chi connectivity index (χ0) is 9.40. The summed E-state index contributed by atoms with van der Waals surface area (Å²) < 4.78 is 0. The van der Waals surface area contributed by atoms with Gasteiger partial charge in [-0.3, -0.25) is 0 Å². The van der Waals surface area contributed by atoms with Gasteiger partial charge in [-0.05, 0) is 31.8 Å². The maximum Gasteiger partial charge on any atom is 0.0721 e. The molecule has 0 spiro atoms. The van der Waals surface area contributed by atoms with Gasteiger partial charge in [-0.15, -0.1) is 6.58 Å². The van der Waals surface area contributed by atoms with Crippen LogP contribution in [0.2, 0.25) is 0 Å². The third kappa shape index (κ3) is 5.14. The number of aliphatic hydroxyl groups is 1. The van der Waals surface area contributed by atoms with Crippen molar-refractivity contribution in [2.75, 3.05) is 0 Å². The summed E-state index contributed by atoms with van der Waals surface area (Å²) >= 11 is 0. The number of hydrogen-bond acceptors (Lipinski definition) is 1. The average molecular weight is 168 g/mol. The summed E-state index contributed by atoms with van der Waals surface area (Å²) in [6.07, 6.45) is 7.87. The quantitative estimate of drug-likeness (QED) is 0.477. The molecule has 0 aromatic heterocycles. The molecule has 70 valence electrons. The second-order valence-electron chi connectivity index (χ2n) is 3.07. The SMILES string of the molecule is C=CCCC=C(CCC)C(C)O. The third-order valence-corrected chi connectivity index (χ3v) is 1.85. The number of unbranched alkanes of at least 4 members (excludes halogenated alkanes) is 1. The van der Waals surface area contributed by atoms with Crippen molar-refractivity contribution in [3.8, 4) is 0 Å². The van der Waals surface area contributed by atoms with E-state index in [-0.39, 0.29) is 6.10 Å². The largest absolute Gasteiger partial charge is 0.389 e. The summed E-state index contributed by atoms with van der Waals surface area (Å²) in [6.45, 7) is 7.61. The standard InChI is InChI=1S/C11H20O/c1-4-6-7-9-11(8-5-2)10(3)12/h4,9-10,12H,1,5-8H2,2-3H3. The smallest absolute Gasteiger partial charge is 0.0721 e. The van der Waals surface area contributed by atoms with Crippen LogP contribution in [-0.4, -0.2) is 11.2 Å². The van der Waals surface area contributed by atoms with E-state index in [1.807, 2.05) is 13.0 Å². The molecule has 0 aromatic rings. The average Bonchev–Trinajstić information content (AvgIpc) is 2.03. The molecule has 1 heteroatoms. The number of aliphatic hydroxyl groups excluding tert-OH is 1. The van der Waals surface area contributed by atoms with Crippen molar-refractivity contribution in [1.29, 1.82) is 0 Å². The Bertz CT molecular complexity index is 145. The maximum absolute atomic E-state index is 9.35. The molecule has 1 unspecified atom stereocenters. The molecular weight excluding hydrogens is 148 g/mol. The van der Waals surface area contributed by atoms with Gasteiger partial charge in [0.05, 0.1) is 6.10 Å². The van der Waals surface area contributed by atoms with Gasteiger partial charge in [-0.1, -0.05) is 25.5 Å². The van der Waals surface area contributed by atoms with E-state index in [1.165, 1.54) is 5.57 Å². The van der Waals surface area contributed by atoms with Crippen LogP contribution in [0.15, 0.2) is 24.3 Å². The lowest BCUT2D eigenvalue weighted by atomic mass is 10.0. The highest BCUT2D eigenvalue weighted by atomic mass is 16.3. The van der Waals surface area contributed by atoms with Crippen molar-refractivity contribution in [1.82, 2.24) is 0 Å². The van der Waals surface area contributed by atoms with E-state index in [1.54, 1.807) is 0 Å². The van der Waals surface area contributed by atoms with Crippen molar-refractivity contribution in [2.45, 2.75) is 45.6 Å². The zero-order valence-electron chi connectivity index (χ0n) is 8.21. The van der Waals surface area contributed by atoms with Crippen molar-refractivity contribution in [3.05, 3.63) is 24.3 Å². The molecule has 0 saturated heterocycles. The minimum absolute atomic E-state index is 0.283. The molecule has 1 atom stereocenters. The van der Waals surface area contributed by atoms with Gasteiger partial charge in [0.25, 0.3) is 0 Å². The van der Waals surface area contributed by atoms with E-state index in [4.69, 9.17) is 0 Å². The van der Waals surface area contributed by atoms with E-state index in [0.717, 1.165) is 25.7 Å². The van der Waals surface area contributed by atoms with Crippen LogP contribution in [0, 0.1) is 0 Å². The maximum atomic E-state index is 9.35. The van der Waals surface area contributed by atoms with Gasteiger partial charge in [-0.2, -0.15) is 0 Å². The van der Waals surface area contributed by atoms with Gasteiger partial charge >= 0.3 is 0 Å². The Morgan fingerprint density at radius 2 is 2.17 bits per heavy atom. The summed E-state index contributed by atoms with van der Waals surface area (Å²) in [7, 11) is 0. The van der Waals surface area contributed by atoms with Gasteiger partial charge in [-0.25, -0.2) is 0 Å². The van der Waals surface area contributed by atoms with E-state index in [0.29, 0.717) is 0 Å². The lowest BCUT2D eigenvalue weighted by Gasteiger charge is -2.08. The van der Waals surface area contributed by atoms with Crippen LogP contribution in [0.5, 0.6) is 0 Å². The van der Waals surface area contributed by atoms with Crippen molar-refractivity contribution in [2.24, 2.45) is 0 Å². The second-order valence-corrected chi connectivity index (χ2v) is 3.07. The predicted octanol–water partition coefficient (Wildman–Crippen LogP) is 3.06. The van der Waals surface area contributed by atoms with Crippen LogP contribution in [0.1, 0.15) is 39.5 Å². The molecule has 0 rings (SSSR count). The Labute approximate surface area is 75.8 Å². The topological polar surface area (TPSA) is 20.2 Å². The third-order valence-electron chi connectivity index (χ3n) is 1.85. The first-order chi connectivity index (χ1) is 5.72. The van der Waals surface area contributed by atoms with Gasteiger partial charge in [0.15, 0.2) is 0 Å². The van der Waals surface area contributed by atoms with Crippen LogP contribution >= 0.6 is 0 Å². The summed E-state index contributed by atoms with van der Waals surface area (Å²) in [4.78, 5) is 0. The molecule has 0 bridgehead atoms. The minimum Gasteiger partial charge on any atom is -0.389 e. The van der Waals surface area contributed by atoms with E-state index in [9.17, 15) is 5.11 Å². The Morgan fingerprint density at radius 1 is 1.50 bits per heavy atom. The first kappa shape index (κ1) is 11.4. The summed E-state index contributed by atoms with van der Waals surface area (Å²) in [5.74, 6) is 0. The molecule has 1 nitrogen and oxygen atoms in total. The van der Waals surface area contributed by atoms with Crippen LogP contribution in [0.25, 0.3) is 0 Å². The molecule has 0 aliphatic rings. The first-order valence-corrected chi connectivity index (χ1v) is 4.70. The number of hydrogen-bond donors (Lipinski definition) is 1. The monoisotopic (exact) mass is 168 g/mol. The molecule has 0 heterocycles. The molecule has 0 fully saturated rings. The first-order valence-electron chi connectivity index (χ1n) is 4.70. The van der Waals surface area contributed by atoms with E-state index < -0.39 is 0 Å². The molecule has 0 amide bonds. The lowest BCUT2D eigenvalue weighted by Crippen LogP contribution is -2.04. The van der Waals surface area contributed by atoms with E-state index in [2.05, 4.69) is 19.6 Å². The Hall–Kier alpha value is -0.560.